The van der Waals surface area contributed by atoms with Crippen LogP contribution >= 0.6 is 0 Å². The second kappa shape index (κ2) is 9.20. The average Bonchev–Trinajstić information content (AvgIpc) is 2.83. The van der Waals surface area contributed by atoms with Crippen LogP contribution in [0, 0.1) is 11.3 Å². The molecule has 0 amide bonds. The molecule has 0 aliphatic heterocycles. The van der Waals surface area contributed by atoms with Crippen molar-refractivity contribution in [3.8, 4) is 17.2 Å². The summed E-state index contributed by atoms with van der Waals surface area (Å²) in [7, 11) is -3.09. The van der Waals surface area contributed by atoms with E-state index in [0.717, 1.165) is 5.56 Å². The summed E-state index contributed by atoms with van der Waals surface area (Å²) in [5, 5.41) is 19.7. The van der Waals surface area contributed by atoms with Gasteiger partial charge in [-0.25, -0.2) is 17.5 Å². The van der Waals surface area contributed by atoms with Crippen molar-refractivity contribution in [2.75, 3.05) is 4.31 Å². The van der Waals surface area contributed by atoms with Gasteiger partial charge in [0.25, 0.3) is 0 Å². The molecule has 0 saturated heterocycles. The Morgan fingerprint density at radius 2 is 1.71 bits per heavy atom. The number of thiol groups is 1. The number of benzene rings is 3. The molecule has 0 unspecified atom stereocenters. The van der Waals surface area contributed by atoms with Gasteiger partial charge >= 0.3 is 5.97 Å². The number of nitrogens with zero attached hydrogens (tertiary/aromatic N) is 3. The Morgan fingerprint density at radius 1 is 1.00 bits per heavy atom. The van der Waals surface area contributed by atoms with Gasteiger partial charge in [0.2, 0.25) is 10.9 Å². The lowest BCUT2D eigenvalue weighted by Gasteiger charge is -2.24. The second-order valence-corrected chi connectivity index (χ2v) is 9.93. The maximum atomic E-state index is 12.5. The highest BCUT2D eigenvalue weighted by molar-refractivity contribution is 7.74. The van der Waals surface area contributed by atoms with Crippen LogP contribution in [-0.4, -0.2) is 24.5 Å². The minimum atomic E-state index is -3.09. The molecule has 7 nitrogen and oxygen atoms in total. The number of fused-ring (bicyclic) bond motifs is 1. The molecule has 176 valence electrons. The second-order valence-electron chi connectivity index (χ2n) is 9.06. The average molecular weight is 486 g/mol. The van der Waals surface area contributed by atoms with Crippen LogP contribution in [0.1, 0.15) is 42.3 Å². The summed E-state index contributed by atoms with van der Waals surface area (Å²) in [5.41, 5.74) is 3.44. The Bertz CT molecular complexity index is 1550. The monoisotopic (exact) mass is 485 g/mol. The zero-order valence-corrected chi connectivity index (χ0v) is 20.3. The first kappa shape index (κ1) is 23.9. The predicted molar refractivity (Wildman–Crippen MR) is 136 cm³/mol. The fourth-order valence-electron chi connectivity index (χ4n) is 4.01. The highest BCUT2D eigenvalue weighted by Gasteiger charge is 2.22. The molecule has 1 heterocycles. The number of carbonyl (C=O) groups is 1. The lowest BCUT2D eigenvalue weighted by molar-refractivity contribution is 0.0699. The van der Waals surface area contributed by atoms with Gasteiger partial charge in [0.05, 0.1) is 34.1 Å². The van der Waals surface area contributed by atoms with Crippen LogP contribution in [0.15, 0.2) is 72.9 Å². The van der Waals surface area contributed by atoms with E-state index in [1.165, 1.54) is 16.6 Å². The standard InChI is InChI=1S/C27H23N3O4S/c1-27(2,3)18-7-9-19(10-8-18)30(35(33)34)24-13-6-17(16-28)15-23(24)20-11-12-22(26(31)32)25-21(20)5-4-14-29-25/h4-15,35H,1-3H3,(H,31,32). The SMILES string of the molecule is CC(C)(C)c1ccc(N(c2ccc(C#N)cc2-c2ccc(C(=O)O)c3ncccc23)[SH](=O)=O)cc1. The Labute approximate surface area is 205 Å². The van der Waals surface area contributed by atoms with E-state index in [0.29, 0.717) is 33.5 Å². The van der Waals surface area contributed by atoms with E-state index < -0.39 is 16.9 Å². The van der Waals surface area contributed by atoms with Gasteiger partial charge in [-0.1, -0.05) is 45.0 Å². The molecule has 4 aromatic rings. The molecule has 0 aliphatic carbocycles. The number of hydrogen-bond acceptors (Lipinski definition) is 5. The minimum absolute atomic E-state index is 0.0341. The van der Waals surface area contributed by atoms with Crippen LogP contribution in [0.3, 0.4) is 0 Å². The molecule has 1 aromatic heterocycles. The molecular formula is C27H23N3O4S. The minimum Gasteiger partial charge on any atom is -0.478 e. The first-order valence-corrected chi connectivity index (χ1v) is 12.0. The highest BCUT2D eigenvalue weighted by Crippen LogP contribution is 2.40. The lowest BCUT2D eigenvalue weighted by atomic mass is 9.87. The fourth-order valence-corrected chi connectivity index (χ4v) is 4.68. The van der Waals surface area contributed by atoms with Crippen LogP contribution < -0.4 is 4.31 Å². The maximum absolute atomic E-state index is 12.5. The Kier molecular flexibility index (Phi) is 6.29. The van der Waals surface area contributed by atoms with Gasteiger partial charge in [-0.05, 0) is 59.0 Å². The van der Waals surface area contributed by atoms with Gasteiger partial charge < -0.3 is 5.11 Å². The molecule has 4 rings (SSSR count). The van der Waals surface area contributed by atoms with E-state index in [1.54, 1.807) is 48.5 Å². The molecule has 0 radical (unpaired) electrons. The molecule has 0 fully saturated rings. The van der Waals surface area contributed by atoms with Crippen molar-refractivity contribution in [2.24, 2.45) is 0 Å². The van der Waals surface area contributed by atoms with Gasteiger partial charge in [0.15, 0.2) is 0 Å². The van der Waals surface area contributed by atoms with Crippen molar-refractivity contribution in [3.63, 3.8) is 0 Å². The number of nitriles is 1. The number of hydrogen-bond donors (Lipinski definition) is 2. The number of pyridine rings is 1. The zero-order chi connectivity index (χ0) is 25.3. The van der Waals surface area contributed by atoms with E-state index in [9.17, 15) is 23.6 Å². The normalized spacial score (nSPS) is 11.4. The third kappa shape index (κ3) is 4.59. The lowest BCUT2D eigenvalue weighted by Crippen LogP contribution is -2.16. The largest absolute Gasteiger partial charge is 0.478 e. The predicted octanol–water partition coefficient (Wildman–Crippen LogP) is 5.43. The first-order chi connectivity index (χ1) is 16.6. The molecule has 0 atom stereocenters. The quantitative estimate of drug-likeness (QED) is 0.365. The van der Waals surface area contributed by atoms with Crippen LogP contribution in [0.2, 0.25) is 0 Å². The van der Waals surface area contributed by atoms with Gasteiger partial charge in [0, 0.05) is 17.1 Å². The summed E-state index contributed by atoms with van der Waals surface area (Å²) in [6.07, 6.45) is 1.50. The van der Waals surface area contributed by atoms with Crippen molar-refractivity contribution in [3.05, 3.63) is 89.6 Å². The van der Waals surface area contributed by atoms with Crippen molar-refractivity contribution in [1.29, 1.82) is 5.26 Å². The van der Waals surface area contributed by atoms with E-state index in [1.807, 2.05) is 12.1 Å². The van der Waals surface area contributed by atoms with E-state index in [-0.39, 0.29) is 16.5 Å². The van der Waals surface area contributed by atoms with Crippen molar-refractivity contribution in [1.82, 2.24) is 4.98 Å². The van der Waals surface area contributed by atoms with Gasteiger partial charge in [0.1, 0.15) is 0 Å². The van der Waals surface area contributed by atoms with Crippen molar-refractivity contribution < 1.29 is 18.3 Å². The van der Waals surface area contributed by atoms with Crippen LogP contribution in [0.25, 0.3) is 22.0 Å². The topological polar surface area (TPSA) is 111 Å². The number of rotatable bonds is 5. The summed E-state index contributed by atoms with van der Waals surface area (Å²) in [5.74, 6) is -1.12. The smallest absolute Gasteiger partial charge is 0.337 e. The summed E-state index contributed by atoms with van der Waals surface area (Å²) in [4.78, 5) is 16.0. The summed E-state index contributed by atoms with van der Waals surface area (Å²) >= 11 is 0. The number of carboxylic acids is 1. The third-order valence-corrected chi connectivity index (χ3v) is 6.56. The van der Waals surface area contributed by atoms with Gasteiger partial charge in [-0.3, -0.25) is 4.98 Å². The number of carboxylic acid groups (broad SMARTS) is 1. The number of aromatic carboxylic acids is 1. The third-order valence-electron chi connectivity index (χ3n) is 5.79. The molecule has 0 bridgehead atoms. The maximum Gasteiger partial charge on any atom is 0.337 e. The Balaban J connectivity index is 1.99. The van der Waals surface area contributed by atoms with Crippen molar-refractivity contribution in [2.45, 2.75) is 26.2 Å². The highest BCUT2D eigenvalue weighted by atomic mass is 32.2. The Morgan fingerprint density at radius 3 is 2.31 bits per heavy atom. The molecule has 0 spiro atoms. The summed E-state index contributed by atoms with van der Waals surface area (Å²) < 4.78 is 26.3. The van der Waals surface area contributed by atoms with Crippen molar-refractivity contribution >= 4 is 39.1 Å². The molecule has 0 saturated carbocycles. The molecule has 35 heavy (non-hydrogen) atoms. The van der Waals surface area contributed by atoms with Gasteiger partial charge in [-0.15, -0.1) is 0 Å². The molecule has 8 heteroatoms. The zero-order valence-electron chi connectivity index (χ0n) is 19.4. The molecule has 0 aliphatic rings. The van der Waals surface area contributed by atoms with Crippen LogP contribution in [-0.2, 0) is 16.3 Å². The van der Waals surface area contributed by atoms with Crippen LogP contribution in [0.4, 0.5) is 11.4 Å². The van der Waals surface area contributed by atoms with E-state index in [2.05, 4.69) is 31.8 Å². The summed E-state index contributed by atoms with van der Waals surface area (Å²) in [6.45, 7) is 6.23. The Hall–Kier alpha value is -4.22. The molecule has 1 N–H and O–H groups in total. The van der Waals surface area contributed by atoms with E-state index >= 15 is 0 Å². The first-order valence-electron chi connectivity index (χ1n) is 10.8. The molecule has 3 aromatic carbocycles. The molecular weight excluding hydrogens is 462 g/mol. The number of anilines is 2. The fraction of sp³-hybridized carbons (Fsp3) is 0.148. The summed E-state index contributed by atoms with van der Waals surface area (Å²) in [6, 6.07) is 20.6. The van der Waals surface area contributed by atoms with E-state index in [4.69, 9.17) is 0 Å². The number of aromatic nitrogens is 1. The van der Waals surface area contributed by atoms with Gasteiger partial charge in [-0.2, -0.15) is 5.26 Å². The van der Waals surface area contributed by atoms with Crippen LogP contribution in [0.5, 0.6) is 0 Å².